The van der Waals surface area contributed by atoms with Crippen molar-refractivity contribution in [3.8, 4) is 0 Å². The van der Waals surface area contributed by atoms with Gasteiger partial charge in [-0.25, -0.2) is 0 Å². The molecule has 0 saturated carbocycles. The first-order chi connectivity index (χ1) is 10.0. The van der Waals surface area contributed by atoms with E-state index in [0.29, 0.717) is 6.04 Å². The van der Waals surface area contributed by atoms with Gasteiger partial charge in [0.15, 0.2) is 0 Å². The average Bonchev–Trinajstić information content (AvgIpc) is 2.46. The zero-order chi connectivity index (χ0) is 15.2. The van der Waals surface area contributed by atoms with Gasteiger partial charge in [-0.1, -0.05) is 13.8 Å². The monoisotopic (exact) mass is 295 g/mol. The third-order valence-electron chi connectivity index (χ3n) is 5.38. The fourth-order valence-corrected chi connectivity index (χ4v) is 3.90. The maximum Gasteiger partial charge on any atom is 0.0113 e. The lowest BCUT2D eigenvalue weighted by Gasteiger charge is -2.38. The van der Waals surface area contributed by atoms with Gasteiger partial charge in [-0.15, -0.1) is 0 Å². The molecule has 0 aromatic carbocycles. The maximum atomic E-state index is 2.70. The molecule has 0 N–H and O–H groups in total. The fraction of sp³-hybridized carbons (Fsp3) is 1.00. The number of hydrogen-bond donors (Lipinski definition) is 0. The summed E-state index contributed by atoms with van der Waals surface area (Å²) in [6.45, 7) is 19.6. The van der Waals surface area contributed by atoms with Crippen molar-refractivity contribution in [3.63, 3.8) is 0 Å². The Kier molecular flexibility index (Phi) is 6.97. The van der Waals surface area contributed by atoms with E-state index >= 15 is 0 Å². The Bertz CT molecular complexity index is 274. The molecular weight excluding hydrogens is 258 g/mol. The van der Waals surface area contributed by atoms with Gasteiger partial charge in [0.2, 0.25) is 0 Å². The summed E-state index contributed by atoms with van der Waals surface area (Å²) in [5, 5.41) is 0. The van der Waals surface area contributed by atoms with E-state index in [9.17, 15) is 0 Å². The first-order valence-electron chi connectivity index (χ1n) is 9.23. The van der Waals surface area contributed by atoms with Crippen LogP contribution in [0.3, 0.4) is 0 Å². The zero-order valence-corrected chi connectivity index (χ0v) is 14.9. The molecule has 3 heteroatoms. The topological polar surface area (TPSA) is 9.72 Å². The van der Waals surface area contributed by atoms with Gasteiger partial charge in [0.25, 0.3) is 0 Å². The Balaban J connectivity index is 1.58. The molecule has 2 rings (SSSR count). The van der Waals surface area contributed by atoms with E-state index in [1.165, 1.54) is 71.6 Å². The van der Waals surface area contributed by atoms with Crippen molar-refractivity contribution < 1.29 is 0 Å². The summed E-state index contributed by atoms with van der Waals surface area (Å²) in [4.78, 5) is 7.97. The second-order valence-electron chi connectivity index (χ2n) is 7.89. The first kappa shape index (κ1) is 17.2. The van der Waals surface area contributed by atoms with Crippen molar-refractivity contribution in [2.75, 3.05) is 52.4 Å². The van der Waals surface area contributed by atoms with Gasteiger partial charge in [-0.05, 0) is 58.0 Å². The van der Waals surface area contributed by atoms with Crippen LogP contribution in [0.1, 0.15) is 47.0 Å². The van der Waals surface area contributed by atoms with Crippen molar-refractivity contribution in [2.45, 2.75) is 53.0 Å². The highest BCUT2D eigenvalue weighted by Gasteiger charge is 2.22. The molecule has 124 valence electrons. The van der Waals surface area contributed by atoms with Gasteiger partial charge in [-0.2, -0.15) is 0 Å². The van der Waals surface area contributed by atoms with Crippen LogP contribution in [0.5, 0.6) is 0 Å². The SMILES string of the molecule is CC(C)CC1CCN(CCN2CCN(C(C)C)CC2)CC1. The molecule has 0 aromatic heterocycles. The molecule has 0 aliphatic carbocycles. The minimum Gasteiger partial charge on any atom is -0.302 e. The lowest BCUT2D eigenvalue weighted by atomic mass is 9.89. The van der Waals surface area contributed by atoms with Crippen LogP contribution >= 0.6 is 0 Å². The summed E-state index contributed by atoms with van der Waals surface area (Å²) in [5.74, 6) is 1.87. The number of rotatable bonds is 6. The van der Waals surface area contributed by atoms with Gasteiger partial charge in [0.05, 0.1) is 0 Å². The number of hydrogen-bond acceptors (Lipinski definition) is 3. The van der Waals surface area contributed by atoms with E-state index < -0.39 is 0 Å². The van der Waals surface area contributed by atoms with Crippen LogP contribution in [0.2, 0.25) is 0 Å². The molecule has 3 nitrogen and oxygen atoms in total. The summed E-state index contributed by atoms with van der Waals surface area (Å²) in [6, 6.07) is 0.715. The molecule has 0 radical (unpaired) electrons. The van der Waals surface area contributed by atoms with Crippen LogP contribution in [0, 0.1) is 11.8 Å². The van der Waals surface area contributed by atoms with Crippen LogP contribution in [0.15, 0.2) is 0 Å². The third kappa shape index (κ3) is 5.88. The first-order valence-corrected chi connectivity index (χ1v) is 9.23. The second-order valence-corrected chi connectivity index (χ2v) is 7.89. The van der Waals surface area contributed by atoms with Crippen molar-refractivity contribution in [1.29, 1.82) is 0 Å². The van der Waals surface area contributed by atoms with Crippen molar-refractivity contribution in [2.24, 2.45) is 11.8 Å². The largest absolute Gasteiger partial charge is 0.302 e. The minimum absolute atomic E-state index is 0.715. The van der Waals surface area contributed by atoms with Crippen LogP contribution in [0.4, 0.5) is 0 Å². The molecule has 2 aliphatic heterocycles. The quantitative estimate of drug-likeness (QED) is 0.746. The molecule has 0 bridgehead atoms. The van der Waals surface area contributed by atoms with Crippen molar-refractivity contribution >= 4 is 0 Å². The molecular formula is C18H37N3. The Labute approximate surface area is 132 Å². The molecule has 0 unspecified atom stereocenters. The maximum absolute atomic E-state index is 2.70. The summed E-state index contributed by atoms with van der Waals surface area (Å²) in [7, 11) is 0. The smallest absolute Gasteiger partial charge is 0.0113 e. The molecule has 0 aromatic rings. The van der Waals surface area contributed by atoms with Crippen LogP contribution in [0.25, 0.3) is 0 Å². The van der Waals surface area contributed by atoms with Gasteiger partial charge >= 0.3 is 0 Å². The minimum atomic E-state index is 0.715. The van der Waals surface area contributed by atoms with Gasteiger partial charge in [0, 0.05) is 45.3 Å². The second kappa shape index (κ2) is 8.50. The lowest BCUT2D eigenvalue weighted by molar-refractivity contribution is 0.0905. The number of piperazine rings is 1. The van der Waals surface area contributed by atoms with Gasteiger partial charge in [-0.3, -0.25) is 9.80 Å². The van der Waals surface area contributed by atoms with E-state index in [2.05, 4.69) is 42.4 Å². The zero-order valence-electron chi connectivity index (χ0n) is 14.9. The highest BCUT2D eigenvalue weighted by Crippen LogP contribution is 2.23. The molecule has 0 amide bonds. The van der Waals surface area contributed by atoms with E-state index in [-0.39, 0.29) is 0 Å². The Hall–Kier alpha value is -0.120. The third-order valence-corrected chi connectivity index (χ3v) is 5.38. The Morgan fingerprint density at radius 2 is 1.29 bits per heavy atom. The number of piperidine rings is 1. The molecule has 2 aliphatic rings. The molecule has 2 saturated heterocycles. The summed E-state index contributed by atoms with van der Waals surface area (Å²) in [6.07, 6.45) is 4.30. The summed E-state index contributed by atoms with van der Waals surface area (Å²) < 4.78 is 0. The average molecular weight is 296 g/mol. The highest BCUT2D eigenvalue weighted by molar-refractivity contribution is 4.77. The Morgan fingerprint density at radius 1 is 0.762 bits per heavy atom. The predicted molar refractivity (Wildman–Crippen MR) is 91.8 cm³/mol. The summed E-state index contributed by atoms with van der Waals surface area (Å²) in [5.41, 5.74) is 0. The predicted octanol–water partition coefficient (Wildman–Crippen LogP) is 2.77. The standard InChI is InChI=1S/C18H37N3/c1-16(2)15-18-5-7-19(8-6-18)9-10-20-11-13-21(14-12-20)17(3)4/h16-18H,5-15H2,1-4H3. The summed E-state index contributed by atoms with van der Waals surface area (Å²) >= 11 is 0. The number of likely N-dealkylation sites (tertiary alicyclic amines) is 1. The Morgan fingerprint density at radius 3 is 1.76 bits per heavy atom. The van der Waals surface area contributed by atoms with Crippen LogP contribution < -0.4 is 0 Å². The normalized spacial score (nSPS) is 24.3. The highest BCUT2D eigenvalue weighted by atomic mass is 15.3. The van der Waals surface area contributed by atoms with E-state index in [4.69, 9.17) is 0 Å². The van der Waals surface area contributed by atoms with E-state index in [1.807, 2.05) is 0 Å². The number of nitrogens with zero attached hydrogens (tertiary/aromatic N) is 3. The molecule has 2 fully saturated rings. The van der Waals surface area contributed by atoms with E-state index in [0.717, 1.165) is 11.8 Å². The van der Waals surface area contributed by atoms with Gasteiger partial charge < -0.3 is 4.90 Å². The van der Waals surface area contributed by atoms with Crippen molar-refractivity contribution in [3.05, 3.63) is 0 Å². The molecule has 0 atom stereocenters. The fourth-order valence-electron chi connectivity index (χ4n) is 3.90. The molecule has 21 heavy (non-hydrogen) atoms. The molecule has 0 spiro atoms. The van der Waals surface area contributed by atoms with Crippen molar-refractivity contribution in [1.82, 2.24) is 14.7 Å². The van der Waals surface area contributed by atoms with E-state index in [1.54, 1.807) is 0 Å². The van der Waals surface area contributed by atoms with Gasteiger partial charge in [0.1, 0.15) is 0 Å². The van der Waals surface area contributed by atoms with Crippen LogP contribution in [-0.4, -0.2) is 73.1 Å². The molecule has 2 heterocycles. The lowest BCUT2D eigenvalue weighted by Crippen LogP contribution is -2.50. The van der Waals surface area contributed by atoms with Crippen LogP contribution in [-0.2, 0) is 0 Å².